The van der Waals surface area contributed by atoms with Crippen LogP contribution < -0.4 is 5.32 Å². The summed E-state index contributed by atoms with van der Waals surface area (Å²) in [5, 5.41) is 6.75. The summed E-state index contributed by atoms with van der Waals surface area (Å²) in [5.74, 6) is -0.519. The van der Waals surface area contributed by atoms with E-state index in [1.807, 2.05) is 6.07 Å². The quantitative estimate of drug-likeness (QED) is 0.461. The third-order valence-electron chi connectivity index (χ3n) is 5.77. The molecule has 11 heteroatoms. The Morgan fingerprint density at radius 1 is 1.26 bits per heavy atom. The maximum Gasteiger partial charge on any atom is 0.410 e. The summed E-state index contributed by atoms with van der Waals surface area (Å²) >= 11 is 0. The predicted octanol–water partition coefficient (Wildman–Crippen LogP) is 4.03. The second-order valence-electron chi connectivity index (χ2n) is 8.65. The maximum atomic E-state index is 14.7. The van der Waals surface area contributed by atoms with Gasteiger partial charge in [0.05, 0.1) is 18.2 Å². The number of fused-ring (bicyclic) bond motifs is 1. The van der Waals surface area contributed by atoms with Crippen molar-refractivity contribution in [1.82, 2.24) is 24.4 Å². The minimum absolute atomic E-state index is 0.100. The van der Waals surface area contributed by atoms with Crippen LogP contribution in [0.15, 0.2) is 47.2 Å². The van der Waals surface area contributed by atoms with E-state index in [-0.39, 0.29) is 35.3 Å². The molecule has 0 aliphatic carbocycles. The Morgan fingerprint density at radius 2 is 2.06 bits per heavy atom. The largest absolute Gasteiger partial charge is 0.447 e. The number of rotatable bonds is 5. The second-order valence-corrected chi connectivity index (χ2v) is 8.65. The van der Waals surface area contributed by atoms with E-state index in [0.29, 0.717) is 35.8 Å². The number of amides is 2. The van der Waals surface area contributed by atoms with E-state index < -0.39 is 11.7 Å². The van der Waals surface area contributed by atoms with E-state index in [2.05, 4.69) is 20.4 Å². The fraction of sp³-hybridized carbons (Fsp3) is 0.292. The van der Waals surface area contributed by atoms with Crippen LogP contribution in [-0.4, -0.2) is 55.6 Å². The standard InChI is InChI=1S/C24H23FN6O4/c1-13(2)34-24(33)30-11-16(12-30)21-28-23(35-29-21)15-8-17(25)14(3)18(9-15)27-22(32)19-10-26-20-6-4-5-7-31(19)20/h4-10,13,16H,11-12H2,1-3H3,(H,27,32). The SMILES string of the molecule is Cc1c(F)cc(-c2nc(C3CN(C(=O)OC(C)C)C3)no2)cc1NC(=O)c1cnc2ccccn12. The van der Waals surface area contributed by atoms with Crippen LogP contribution in [0.3, 0.4) is 0 Å². The fourth-order valence-electron chi connectivity index (χ4n) is 3.80. The van der Waals surface area contributed by atoms with Crippen LogP contribution in [0, 0.1) is 12.7 Å². The highest BCUT2D eigenvalue weighted by Crippen LogP contribution is 2.31. The Kier molecular flexibility index (Phi) is 5.67. The number of nitrogens with one attached hydrogen (secondary N) is 1. The molecule has 1 saturated heterocycles. The van der Waals surface area contributed by atoms with Gasteiger partial charge in [-0.2, -0.15) is 4.98 Å². The highest BCUT2D eigenvalue weighted by Gasteiger charge is 2.36. The molecule has 2 amide bonds. The number of carbonyl (C=O) groups excluding carboxylic acids is 2. The normalized spacial score (nSPS) is 13.8. The van der Waals surface area contributed by atoms with Gasteiger partial charge in [0.1, 0.15) is 17.2 Å². The highest BCUT2D eigenvalue weighted by molar-refractivity contribution is 6.04. The number of carbonyl (C=O) groups is 2. The number of nitrogens with zero attached hydrogens (tertiary/aromatic N) is 5. The number of pyridine rings is 1. The molecule has 0 bridgehead atoms. The van der Waals surface area contributed by atoms with Gasteiger partial charge < -0.3 is 19.5 Å². The Hall–Kier alpha value is -4.28. The Labute approximate surface area is 199 Å². The summed E-state index contributed by atoms with van der Waals surface area (Å²) in [7, 11) is 0. The number of likely N-dealkylation sites (tertiary alicyclic amines) is 1. The molecule has 1 aliphatic heterocycles. The first-order chi connectivity index (χ1) is 16.8. The van der Waals surface area contributed by atoms with Gasteiger partial charge in [0.15, 0.2) is 5.82 Å². The zero-order valence-corrected chi connectivity index (χ0v) is 19.4. The van der Waals surface area contributed by atoms with E-state index in [4.69, 9.17) is 9.26 Å². The molecule has 0 atom stereocenters. The summed E-state index contributed by atoms with van der Waals surface area (Å²) in [4.78, 5) is 35.0. The number of imidazole rings is 1. The first-order valence-corrected chi connectivity index (χ1v) is 11.1. The highest BCUT2D eigenvalue weighted by atomic mass is 19.1. The molecule has 10 nitrogen and oxygen atoms in total. The van der Waals surface area contributed by atoms with Crippen LogP contribution >= 0.6 is 0 Å². The van der Waals surface area contributed by atoms with E-state index in [1.54, 1.807) is 54.5 Å². The lowest BCUT2D eigenvalue weighted by molar-refractivity contribution is 0.0496. The molecule has 35 heavy (non-hydrogen) atoms. The lowest BCUT2D eigenvalue weighted by Crippen LogP contribution is -2.49. The zero-order chi connectivity index (χ0) is 24.7. The Morgan fingerprint density at radius 3 is 2.83 bits per heavy atom. The van der Waals surface area contributed by atoms with Crippen LogP contribution in [0.25, 0.3) is 17.1 Å². The van der Waals surface area contributed by atoms with E-state index in [0.717, 1.165) is 0 Å². The van der Waals surface area contributed by atoms with Gasteiger partial charge >= 0.3 is 6.09 Å². The molecule has 0 spiro atoms. The van der Waals surface area contributed by atoms with Crippen molar-refractivity contribution >= 4 is 23.3 Å². The van der Waals surface area contributed by atoms with Gasteiger partial charge in [0.25, 0.3) is 11.8 Å². The average molecular weight is 478 g/mol. The van der Waals surface area contributed by atoms with Crippen molar-refractivity contribution in [3.05, 3.63) is 65.6 Å². The van der Waals surface area contributed by atoms with Crippen LogP contribution in [0.1, 0.15) is 41.6 Å². The van der Waals surface area contributed by atoms with Crippen LogP contribution in [0.2, 0.25) is 0 Å². The average Bonchev–Trinajstić information content (AvgIpc) is 3.43. The molecular formula is C24H23FN6O4. The third kappa shape index (κ3) is 4.32. The summed E-state index contributed by atoms with van der Waals surface area (Å²) in [6, 6.07) is 8.26. The summed E-state index contributed by atoms with van der Waals surface area (Å²) in [6.07, 6.45) is 2.61. The molecule has 180 valence electrons. The van der Waals surface area contributed by atoms with Gasteiger partial charge in [0.2, 0.25) is 0 Å². The molecule has 1 fully saturated rings. The van der Waals surface area contributed by atoms with Crippen molar-refractivity contribution in [2.24, 2.45) is 0 Å². The molecule has 0 saturated carbocycles. The van der Waals surface area contributed by atoms with Crippen LogP contribution in [0.5, 0.6) is 0 Å². The molecule has 1 aromatic carbocycles. The van der Waals surface area contributed by atoms with E-state index in [1.165, 1.54) is 12.3 Å². The van der Waals surface area contributed by atoms with Gasteiger partial charge in [-0.05, 0) is 45.0 Å². The van der Waals surface area contributed by atoms with Crippen molar-refractivity contribution in [2.45, 2.75) is 32.8 Å². The summed E-state index contributed by atoms with van der Waals surface area (Å²) < 4.78 is 26.9. The zero-order valence-electron chi connectivity index (χ0n) is 19.4. The Balaban J connectivity index is 1.33. The number of hydrogen-bond acceptors (Lipinski definition) is 7. The smallest absolute Gasteiger partial charge is 0.410 e. The van der Waals surface area contributed by atoms with Crippen molar-refractivity contribution in [3.63, 3.8) is 0 Å². The first kappa shape index (κ1) is 22.5. The molecule has 0 unspecified atom stereocenters. The third-order valence-corrected chi connectivity index (χ3v) is 5.77. The van der Waals surface area contributed by atoms with Crippen LogP contribution in [-0.2, 0) is 4.74 Å². The second kappa shape index (κ2) is 8.82. The van der Waals surface area contributed by atoms with Crippen molar-refractivity contribution in [1.29, 1.82) is 0 Å². The minimum atomic E-state index is -0.526. The Bertz CT molecular complexity index is 1420. The molecule has 1 N–H and O–H groups in total. The van der Waals surface area contributed by atoms with Crippen molar-refractivity contribution in [3.8, 4) is 11.5 Å². The number of halogens is 1. The summed E-state index contributed by atoms with van der Waals surface area (Å²) in [6.45, 7) is 5.97. The molecule has 4 heterocycles. The first-order valence-electron chi connectivity index (χ1n) is 11.1. The molecular weight excluding hydrogens is 455 g/mol. The lowest BCUT2D eigenvalue weighted by atomic mass is 10.0. The van der Waals surface area contributed by atoms with Gasteiger partial charge in [-0.1, -0.05) is 11.2 Å². The molecule has 3 aromatic heterocycles. The van der Waals surface area contributed by atoms with Crippen molar-refractivity contribution < 1.29 is 23.2 Å². The lowest BCUT2D eigenvalue weighted by Gasteiger charge is -2.36. The molecule has 5 rings (SSSR count). The molecule has 1 aliphatic rings. The topological polar surface area (TPSA) is 115 Å². The maximum absolute atomic E-state index is 14.7. The monoisotopic (exact) mass is 478 g/mol. The minimum Gasteiger partial charge on any atom is -0.447 e. The molecule has 0 radical (unpaired) electrons. The number of benzene rings is 1. The van der Waals surface area contributed by atoms with Gasteiger partial charge in [0, 0.05) is 36.1 Å². The van der Waals surface area contributed by atoms with Gasteiger partial charge in [-0.15, -0.1) is 0 Å². The summed E-state index contributed by atoms with van der Waals surface area (Å²) in [5.41, 5.74) is 1.82. The van der Waals surface area contributed by atoms with Gasteiger partial charge in [-0.3, -0.25) is 9.20 Å². The number of ether oxygens (including phenoxy) is 1. The number of anilines is 1. The number of aromatic nitrogens is 4. The number of hydrogen-bond donors (Lipinski definition) is 1. The van der Waals surface area contributed by atoms with Crippen molar-refractivity contribution in [2.75, 3.05) is 18.4 Å². The van der Waals surface area contributed by atoms with Gasteiger partial charge in [-0.25, -0.2) is 14.2 Å². The van der Waals surface area contributed by atoms with E-state index >= 15 is 0 Å². The predicted molar refractivity (Wildman–Crippen MR) is 124 cm³/mol. The molecule has 4 aromatic rings. The fourth-order valence-corrected chi connectivity index (χ4v) is 3.80. The van der Waals surface area contributed by atoms with Crippen LogP contribution in [0.4, 0.5) is 14.9 Å². The van der Waals surface area contributed by atoms with E-state index in [9.17, 15) is 14.0 Å².